The van der Waals surface area contributed by atoms with Crippen LogP contribution in [-0.4, -0.2) is 24.5 Å². The van der Waals surface area contributed by atoms with Gasteiger partial charge in [-0.25, -0.2) is 13.4 Å². The molecule has 0 aliphatic carbocycles. The molecule has 6 nitrogen and oxygen atoms in total. The van der Waals surface area contributed by atoms with Crippen molar-refractivity contribution >= 4 is 32.5 Å². The summed E-state index contributed by atoms with van der Waals surface area (Å²) in [6.07, 6.45) is -3.81. The van der Waals surface area contributed by atoms with Crippen LogP contribution in [0.3, 0.4) is 0 Å². The summed E-state index contributed by atoms with van der Waals surface area (Å²) in [6, 6.07) is 3.26. The van der Waals surface area contributed by atoms with E-state index in [0.29, 0.717) is 10.9 Å². The minimum atomic E-state index is -4.67. The Morgan fingerprint density at radius 1 is 1.35 bits per heavy atom. The van der Waals surface area contributed by atoms with Crippen LogP contribution in [0.4, 0.5) is 18.3 Å². The number of nitrogens with one attached hydrogen (secondary N) is 1. The van der Waals surface area contributed by atoms with Crippen LogP contribution in [0.1, 0.15) is 10.4 Å². The molecule has 124 valence electrons. The minimum absolute atomic E-state index is 0.126. The largest absolute Gasteiger partial charge is 0.481 e. The number of halogens is 3. The van der Waals surface area contributed by atoms with Gasteiger partial charge in [0.05, 0.1) is 16.9 Å². The number of carboxylic acids is 1. The number of alkyl halides is 3. The second-order valence-corrected chi connectivity index (χ2v) is 7.13. The molecule has 1 heterocycles. The monoisotopic (exact) mass is 366 g/mol. The third kappa shape index (κ3) is 4.42. The number of carbonyl (C=O) groups is 1. The molecule has 0 bridgehead atoms. The topological polar surface area (TPSA) is 96.4 Å². The number of carboxylic acid groups (broad SMARTS) is 1. The van der Waals surface area contributed by atoms with E-state index in [-0.39, 0.29) is 11.6 Å². The molecule has 0 aliphatic heterocycles. The number of sulfonamides is 1. The van der Waals surface area contributed by atoms with Crippen LogP contribution < -0.4 is 4.72 Å². The second-order valence-electron chi connectivity index (χ2n) is 4.33. The lowest BCUT2D eigenvalue weighted by molar-refractivity contribution is -0.138. The van der Waals surface area contributed by atoms with Gasteiger partial charge >= 0.3 is 12.1 Å². The highest BCUT2D eigenvalue weighted by molar-refractivity contribution is 7.93. The first kappa shape index (κ1) is 17.2. The number of benzene rings is 1. The Kier molecular flexibility index (Phi) is 4.61. The molecular formula is C12H9F3N2O4S2. The zero-order valence-electron chi connectivity index (χ0n) is 11.2. The van der Waals surface area contributed by atoms with Crippen LogP contribution in [0.5, 0.6) is 0 Å². The van der Waals surface area contributed by atoms with E-state index < -0.39 is 32.6 Å². The van der Waals surface area contributed by atoms with Crippen LogP contribution in [0, 0.1) is 0 Å². The van der Waals surface area contributed by atoms with Crippen LogP contribution >= 0.6 is 11.3 Å². The highest BCUT2D eigenvalue weighted by atomic mass is 32.2. The molecule has 0 aliphatic rings. The van der Waals surface area contributed by atoms with Crippen LogP contribution in [0.25, 0.3) is 0 Å². The first-order chi connectivity index (χ1) is 10.6. The summed E-state index contributed by atoms with van der Waals surface area (Å²) in [4.78, 5) is 14.0. The van der Waals surface area contributed by atoms with Gasteiger partial charge in [-0.2, -0.15) is 13.2 Å². The smallest absolute Gasteiger partial charge is 0.416 e. The molecule has 0 amide bonds. The first-order valence-corrected chi connectivity index (χ1v) is 8.24. The van der Waals surface area contributed by atoms with Gasteiger partial charge in [-0.3, -0.25) is 9.52 Å². The Morgan fingerprint density at radius 3 is 2.65 bits per heavy atom. The number of anilines is 1. The van der Waals surface area contributed by atoms with Gasteiger partial charge < -0.3 is 5.11 Å². The van der Waals surface area contributed by atoms with Gasteiger partial charge in [0.15, 0.2) is 5.13 Å². The Bertz CT molecular complexity index is 831. The van der Waals surface area contributed by atoms with Crippen molar-refractivity contribution in [1.82, 2.24) is 4.98 Å². The molecule has 0 saturated heterocycles. The number of thiazole rings is 1. The predicted molar refractivity (Wildman–Crippen MR) is 75.7 cm³/mol. The van der Waals surface area contributed by atoms with Crippen LogP contribution in [0.2, 0.25) is 0 Å². The quantitative estimate of drug-likeness (QED) is 0.848. The van der Waals surface area contributed by atoms with Gasteiger partial charge in [0.2, 0.25) is 0 Å². The summed E-state index contributed by atoms with van der Waals surface area (Å²) >= 11 is 0.788. The minimum Gasteiger partial charge on any atom is -0.481 e. The van der Waals surface area contributed by atoms with Crippen molar-refractivity contribution in [1.29, 1.82) is 0 Å². The number of aliphatic carboxylic acids is 1. The van der Waals surface area contributed by atoms with Crippen molar-refractivity contribution in [3.8, 4) is 0 Å². The fourth-order valence-corrected chi connectivity index (χ4v) is 3.69. The SMILES string of the molecule is O=C(O)Cc1cnc(NS(=O)(=O)c2cccc(C(F)(F)F)c2)s1. The van der Waals surface area contributed by atoms with E-state index >= 15 is 0 Å². The molecule has 1 aromatic heterocycles. The molecule has 0 fully saturated rings. The number of nitrogens with zero attached hydrogens (tertiary/aromatic N) is 1. The van der Waals surface area contributed by atoms with E-state index in [0.717, 1.165) is 29.5 Å². The van der Waals surface area contributed by atoms with Crippen molar-refractivity contribution in [2.75, 3.05) is 4.72 Å². The molecule has 0 saturated carbocycles. The maximum atomic E-state index is 12.6. The van der Waals surface area contributed by atoms with E-state index in [1.807, 2.05) is 4.72 Å². The molecule has 0 spiro atoms. The lowest BCUT2D eigenvalue weighted by Gasteiger charge is -2.09. The fraction of sp³-hybridized carbons (Fsp3) is 0.167. The van der Waals surface area contributed by atoms with Crippen molar-refractivity contribution in [2.24, 2.45) is 0 Å². The van der Waals surface area contributed by atoms with Crippen molar-refractivity contribution in [2.45, 2.75) is 17.5 Å². The Hall–Kier alpha value is -2.14. The lowest BCUT2D eigenvalue weighted by atomic mass is 10.2. The van der Waals surface area contributed by atoms with Gasteiger partial charge in [-0.1, -0.05) is 6.07 Å². The maximum Gasteiger partial charge on any atom is 0.416 e. The Morgan fingerprint density at radius 2 is 2.04 bits per heavy atom. The number of hydrogen-bond acceptors (Lipinski definition) is 5. The summed E-state index contributed by atoms with van der Waals surface area (Å²) in [5.74, 6) is -1.11. The van der Waals surface area contributed by atoms with Gasteiger partial charge in [-0.15, -0.1) is 11.3 Å². The van der Waals surface area contributed by atoms with Gasteiger partial charge in [-0.05, 0) is 18.2 Å². The molecular weight excluding hydrogens is 357 g/mol. The van der Waals surface area contributed by atoms with E-state index in [2.05, 4.69) is 4.98 Å². The van der Waals surface area contributed by atoms with Crippen LogP contribution in [-0.2, 0) is 27.4 Å². The lowest BCUT2D eigenvalue weighted by Crippen LogP contribution is -2.14. The summed E-state index contributed by atoms with van der Waals surface area (Å²) in [5, 5.41) is 8.50. The van der Waals surface area contributed by atoms with Gasteiger partial charge in [0.25, 0.3) is 10.0 Å². The normalized spacial score (nSPS) is 12.1. The average Bonchev–Trinajstić information content (AvgIpc) is 2.83. The number of rotatable bonds is 5. The fourth-order valence-electron chi connectivity index (χ4n) is 1.60. The van der Waals surface area contributed by atoms with Gasteiger partial charge in [0.1, 0.15) is 0 Å². The molecule has 0 atom stereocenters. The predicted octanol–water partition coefficient (Wildman–Crippen LogP) is 2.59. The van der Waals surface area contributed by atoms with E-state index in [4.69, 9.17) is 5.11 Å². The first-order valence-electron chi connectivity index (χ1n) is 5.94. The Labute approximate surface area is 132 Å². The standard InChI is InChI=1S/C12H9F3N2O4S2/c13-12(14,15)7-2-1-3-9(4-7)23(20,21)17-11-16-6-8(22-11)5-10(18)19/h1-4,6H,5H2,(H,16,17)(H,18,19). The molecule has 11 heteroatoms. The zero-order chi connectivity index (χ0) is 17.3. The zero-order valence-corrected chi connectivity index (χ0v) is 12.8. The molecule has 2 N–H and O–H groups in total. The summed E-state index contributed by atoms with van der Waals surface area (Å²) in [6.45, 7) is 0. The van der Waals surface area contributed by atoms with E-state index in [1.165, 1.54) is 6.20 Å². The molecule has 2 rings (SSSR count). The maximum absolute atomic E-state index is 12.6. The van der Waals surface area contributed by atoms with Crippen molar-refractivity contribution in [3.05, 3.63) is 40.9 Å². The highest BCUT2D eigenvalue weighted by Crippen LogP contribution is 2.31. The second kappa shape index (κ2) is 6.16. The number of hydrogen-bond donors (Lipinski definition) is 2. The third-order valence-electron chi connectivity index (χ3n) is 2.57. The van der Waals surface area contributed by atoms with Crippen molar-refractivity contribution in [3.63, 3.8) is 0 Å². The van der Waals surface area contributed by atoms with E-state index in [1.54, 1.807) is 0 Å². The molecule has 0 radical (unpaired) electrons. The summed E-state index contributed by atoms with van der Waals surface area (Å²) < 4.78 is 64.1. The Balaban J connectivity index is 2.25. The molecule has 0 unspecified atom stereocenters. The molecule has 2 aromatic rings. The van der Waals surface area contributed by atoms with Crippen molar-refractivity contribution < 1.29 is 31.5 Å². The number of aromatic nitrogens is 1. The molecule has 23 heavy (non-hydrogen) atoms. The highest BCUT2D eigenvalue weighted by Gasteiger charge is 2.31. The third-order valence-corrected chi connectivity index (χ3v) is 4.95. The summed E-state index contributed by atoms with van der Waals surface area (Å²) in [7, 11) is -4.26. The average molecular weight is 366 g/mol. The van der Waals surface area contributed by atoms with Crippen LogP contribution in [0.15, 0.2) is 35.4 Å². The molecule has 1 aromatic carbocycles. The summed E-state index contributed by atoms with van der Waals surface area (Å²) in [5.41, 5.74) is -1.09. The van der Waals surface area contributed by atoms with Gasteiger partial charge in [0, 0.05) is 11.1 Å². The van der Waals surface area contributed by atoms with E-state index in [9.17, 15) is 26.4 Å².